The summed E-state index contributed by atoms with van der Waals surface area (Å²) in [6.45, 7) is 2.58. The molecule has 4 aromatic rings. The van der Waals surface area contributed by atoms with Gasteiger partial charge < -0.3 is 14.8 Å². The van der Waals surface area contributed by atoms with Gasteiger partial charge in [0.15, 0.2) is 5.69 Å². The average Bonchev–Trinajstić information content (AvgIpc) is 3.48. The van der Waals surface area contributed by atoms with Crippen LogP contribution in [0, 0.1) is 0 Å². The summed E-state index contributed by atoms with van der Waals surface area (Å²) in [5.41, 5.74) is 5.80. The van der Waals surface area contributed by atoms with E-state index in [0.29, 0.717) is 18.0 Å². The Kier molecular flexibility index (Phi) is 9.14. The Balaban J connectivity index is 1.32. The van der Waals surface area contributed by atoms with Crippen molar-refractivity contribution in [2.75, 3.05) is 20.3 Å². The van der Waals surface area contributed by atoms with Gasteiger partial charge >= 0.3 is 5.97 Å². The minimum absolute atomic E-state index is 0.142. The predicted molar refractivity (Wildman–Crippen MR) is 160 cm³/mol. The van der Waals surface area contributed by atoms with Crippen molar-refractivity contribution < 1.29 is 19.1 Å². The van der Waals surface area contributed by atoms with Crippen LogP contribution >= 0.6 is 0 Å². The summed E-state index contributed by atoms with van der Waals surface area (Å²) in [4.78, 5) is 25.3. The second kappa shape index (κ2) is 13.3. The van der Waals surface area contributed by atoms with Crippen LogP contribution in [0.4, 0.5) is 0 Å². The molecule has 0 atom stereocenters. The number of methoxy groups -OCH3 is 1. The number of hydrogen-bond acceptors (Lipinski definition) is 5. The van der Waals surface area contributed by atoms with E-state index in [1.165, 1.54) is 37.7 Å². The summed E-state index contributed by atoms with van der Waals surface area (Å²) >= 11 is 0. The second-order valence-electron chi connectivity index (χ2n) is 10.4. The van der Waals surface area contributed by atoms with Crippen LogP contribution in [0.1, 0.15) is 76.9 Å². The maximum atomic E-state index is 12.8. The Morgan fingerprint density at radius 3 is 2.29 bits per heavy atom. The van der Waals surface area contributed by atoms with Gasteiger partial charge in [-0.3, -0.25) is 4.79 Å². The lowest BCUT2D eigenvalue weighted by molar-refractivity contribution is 0.0518. The monoisotopic (exact) mass is 551 g/mol. The lowest BCUT2D eigenvalue weighted by Gasteiger charge is -2.22. The number of hydrogen-bond donors (Lipinski definition) is 1. The number of amides is 1. The average molecular weight is 552 g/mol. The molecule has 0 saturated heterocycles. The Labute approximate surface area is 241 Å². The van der Waals surface area contributed by atoms with E-state index in [-0.39, 0.29) is 18.2 Å². The molecule has 0 bridgehead atoms. The molecule has 1 amide bonds. The van der Waals surface area contributed by atoms with Crippen molar-refractivity contribution in [3.63, 3.8) is 0 Å². The summed E-state index contributed by atoms with van der Waals surface area (Å²) in [5, 5.41) is 7.57. The van der Waals surface area contributed by atoms with Crippen molar-refractivity contribution in [2.24, 2.45) is 0 Å². The van der Waals surface area contributed by atoms with Crippen LogP contribution < -0.4 is 10.1 Å². The van der Waals surface area contributed by atoms with E-state index >= 15 is 0 Å². The molecule has 212 valence electrons. The van der Waals surface area contributed by atoms with Gasteiger partial charge in [-0.05, 0) is 85.7 Å². The van der Waals surface area contributed by atoms with Crippen LogP contribution in [0.25, 0.3) is 16.9 Å². The van der Waals surface area contributed by atoms with Crippen molar-refractivity contribution >= 4 is 11.9 Å². The normalized spacial score (nSPS) is 13.5. The minimum Gasteiger partial charge on any atom is -0.497 e. The molecule has 1 aromatic heterocycles. The number of aromatic nitrogens is 2. The highest BCUT2D eigenvalue weighted by Gasteiger charge is 2.20. The number of carbonyl (C=O) groups excluding carboxylic acids is 2. The van der Waals surface area contributed by atoms with Gasteiger partial charge in [0.05, 0.1) is 25.1 Å². The van der Waals surface area contributed by atoms with Crippen LogP contribution in [0.2, 0.25) is 0 Å². The van der Waals surface area contributed by atoms with Crippen LogP contribution in [0.15, 0.2) is 78.9 Å². The Morgan fingerprint density at radius 2 is 1.63 bits per heavy atom. The number of nitrogens with one attached hydrogen (secondary N) is 1. The Morgan fingerprint density at radius 1 is 0.927 bits per heavy atom. The lowest BCUT2D eigenvalue weighted by Crippen LogP contribution is -2.25. The predicted octanol–water partition coefficient (Wildman–Crippen LogP) is 6.74. The van der Waals surface area contributed by atoms with Gasteiger partial charge in [-0.2, -0.15) is 5.10 Å². The molecule has 7 nitrogen and oxygen atoms in total. The van der Waals surface area contributed by atoms with E-state index < -0.39 is 5.97 Å². The fraction of sp³-hybridized carbons (Fsp3) is 0.324. The molecule has 1 saturated carbocycles. The number of benzene rings is 3. The third kappa shape index (κ3) is 6.85. The largest absolute Gasteiger partial charge is 0.497 e. The Bertz CT molecular complexity index is 1450. The fourth-order valence-electron chi connectivity index (χ4n) is 5.42. The smallest absolute Gasteiger partial charge is 0.358 e. The minimum atomic E-state index is -0.459. The summed E-state index contributed by atoms with van der Waals surface area (Å²) in [6, 6.07) is 25.5. The number of ether oxygens (including phenoxy) is 2. The molecular weight excluding hydrogens is 514 g/mol. The van der Waals surface area contributed by atoms with Gasteiger partial charge in [-0.15, -0.1) is 0 Å². The third-order valence-electron chi connectivity index (χ3n) is 7.71. The maximum absolute atomic E-state index is 12.8. The van der Waals surface area contributed by atoms with E-state index in [4.69, 9.17) is 9.47 Å². The standard InChI is InChI=1S/C34H37N3O4/c1-3-41-34(39)31-23-32(27-13-11-26(12-14-27)25-7-5-4-6-8-25)37(36-31)29-17-15-28(16-18-29)33(38)35-22-21-24-9-19-30(40-2)20-10-24/h9-20,23,25H,3-8,21-22H2,1-2H3,(H,35,38). The van der Waals surface area contributed by atoms with Gasteiger partial charge in [0, 0.05) is 17.7 Å². The number of carbonyl (C=O) groups is 2. The summed E-state index contributed by atoms with van der Waals surface area (Å²) in [7, 11) is 1.64. The molecule has 1 fully saturated rings. The van der Waals surface area contributed by atoms with E-state index in [9.17, 15) is 9.59 Å². The lowest BCUT2D eigenvalue weighted by atomic mass is 9.84. The van der Waals surface area contributed by atoms with Gasteiger partial charge in [-0.1, -0.05) is 55.7 Å². The van der Waals surface area contributed by atoms with Crippen LogP contribution in [-0.2, 0) is 11.2 Å². The van der Waals surface area contributed by atoms with Crippen molar-refractivity contribution in [3.8, 4) is 22.7 Å². The second-order valence-corrected chi connectivity index (χ2v) is 10.4. The zero-order valence-electron chi connectivity index (χ0n) is 23.8. The highest BCUT2D eigenvalue weighted by molar-refractivity contribution is 5.94. The first-order valence-corrected chi connectivity index (χ1v) is 14.4. The first-order valence-electron chi connectivity index (χ1n) is 14.4. The Hall–Kier alpha value is -4.39. The topological polar surface area (TPSA) is 82.5 Å². The molecule has 1 aliphatic carbocycles. The van der Waals surface area contributed by atoms with Crippen molar-refractivity contribution in [2.45, 2.75) is 51.4 Å². The van der Waals surface area contributed by atoms with E-state index in [0.717, 1.165) is 34.7 Å². The van der Waals surface area contributed by atoms with Crippen molar-refractivity contribution in [1.82, 2.24) is 15.1 Å². The van der Waals surface area contributed by atoms with E-state index in [1.54, 1.807) is 36.9 Å². The van der Waals surface area contributed by atoms with Gasteiger partial charge in [0.2, 0.25) is 0 Å². The summed E-state index contributed by atoms with van der Waals surface area (Å²) in [5.74, 6) is 0.826. The highest BCUT2D eigenvalue weighted by Crippen LogP contribution is 2.34. The molecule has 1 N–H and O–H groups in total. The highest BCUT2D eigenvalue weighted by atomic mass is 16.5. The zero-order valence-corrected chi connectivity index (χ0v) is 23.8. The molecule has 1 heterocycles. The molecule has 41 heavy (non-hydrogen) atoms. The molecule has 0 unspecified atom stereocenters. The van der Waals surface area contributed by atoms with Crippen LogP contribution in [-0.4, -0.2) is 41.9 Å². The van der Waals surface area contributed by atoms with Crippen molar-refractivity contribution in [3.05, 3.63) is 101 Å². The zero-order chi connectivity index (χ0) is 28.6. The molecule has 3 aromatic carbocycles. The summed E-state index contributed by atoms with van der Waals surface area (Å²) in [6.07, 6.45) is 7.12. The number of nitrogens with zero attached hydrogens (tertiary/aromatic N) is 2. The molecule has 0 spiro atoms. The molecule has 0 radical (unpaired) electrons. The molecular formula is C34H37N3O4. The maximum Gasteiger partial charge on any atom is 0.358 e. The molecule has 7 heteroatoms. The molecule has 5 rings (SSSR count). The first-order chi connectivity index (χ1) is 20.1. The number of esters is 1. The summed E-state index contributed by atoms with van der Waals surface area (Å²) < 4.78 is 12.2. The number of rotatable bonds is 10. The molecule has 0 aliphatic heterocycles. The quantitative estimate of drug-likeness (QED) is 0.221. The fourth-order valence-corrected chi connectivity index (χ4v) is 5.42. The van der Waals surface area contributed by atoms with E-state index in [1.807, 2.05) is 36.4 Å². The first kappa shape index (κ1) is 28.1. The van der Waals surface area contributed by atoms with Crippen LogP contribution in [0.5, 0.6) is 5.75 Å². The van der Waals surface area contributed by atoms with Gasteiger partial charge in [-0.25, -0.2) is 9.48 Å². The van der Waals surface area contributed by atoms with Gasteiger partial charge in [0.25, 0.3) is 5.91 Å². The third-order valence-corrected chi connectivity index (χ3v) is 7.71. The SMILES string of the molecule is CCOC(=O)c1cc(-c2ccc(C3CCCCC3)cc2)n(-c2ccc(C(=O)NCCc3ccc(OC)cc3)cc2)n1. The van der Waals surface area contributed by atoms with Gasteiger partial charge in [0.1, 0.15) is 5.75 Å². The molecule has 1 aliphatic rings. The van der Waals surface area contributed by atoms with Crippen molar-refractivity contribution in [1.29, 1.82) is 0 Å². The van der Waals surface area contributed by atoms with Crippen LogP contribution in [0.3, 0.4) is 0 Å². The van der Waals surface area contributed by atoms with E-state index in [2.05, 4.69) is 34.7 Å².